The molecule has 0 spiro atoms. The number of aromatic nitrogens is 3. The summed E-state index contributed by atoms with van der Waals surface area (Å²) in [6.07, 6.45) is 3.47. The minimum atomic E-state index is -0.544. The van der Waals surface area contributed by atoms with E-state index >= 15 is 0 Å². The van der Waals surface area contributed by atoms with Gasteiger partial charge in [-0.1, -0.05) is 23.2 Å². The van der Waals surface area contributed by atoms with E-state index < -0.39 is 17.6 Å². The van der Waals surface area contributed by atoms with Gasteiger partial charge in [-0.05, 0) is 31.2 Å². The summed E-state index contributed by atoms with van der Waals surface area (Å²) in [5.41, 5.74) is 1.36. The summed E-state index contributed by atoms with van der Waals surface area (Å²) in [5, 5.41) is 5.34. The molecule has 2 amide bonds. The fourth-order valence-corrected chi connectivity index (χ4v) is 2.30. The van der Waals surface area contributed by atoms with E-state index in [2.05, 4.69) is 25.6 Å². The summed E-state index contributed by atoms with van der Waals surface area (Å²) in [4.78, 5) is 36.4. The quantitative estimate of drug-likeness (QED) is 0.716. The Hall–Kier alpha value is -3.39. The van der Waals surface area contributed by atoms with E-state index in [0.29, 0.717) is 0 Å². The van der Waals surface area contributed by atoms with Crippen molar-refractivity contribution in [3.05, 3.63) is 76.7 Å². The van der Waals surface area contributed by atoms with Crippen molar-refractivity contribution >= 4 is 34.9 Å². The summed E-state index contributed by atoms with van der Waals surface area (Å²) in [5.74, 6) is -1.38. The van der Waals surface area contributed by atoms with Crippen LogP contribution in [0.25, 0.3) is 0 Å². The van der Waals surface area contributed by atoms with Gasteiger partial charge in [-0.15, -0.1) is 0 Å². The van der Waals surface area contributed by atoms with E-state index in [1.165, 1.54) is 24.5 Å². The number of benzene rings is 1. The van der Waals surface area contributed by atoms with Crippen LogP contribution in [0.4, 0.5) is 15.9 Å². The molecule has 3 rings (SSSR count). The van der Waals surface area contributed by atoms with Crippen LogP contribution in [0.3, 0.4) is 0 Å². The molecule has 7 nitrogen and oxygen atoms in total. The van der Waals surface area contributed by atoms with E-state index in [4.69, 9.17) is 11.6 Å². The zero-order valence-corrected chi connectivity index (χ0v) is 14.8. The second-order valence-corrected chi connectivity index (χ2v) is 5.93. The van der Waals surface area contributed by atoms with Crippen molar-refractivity contribution in [2.75, 3.05) is 10.6 Å². The Morgan fingerprint density at radius 2 is 1.78 bits per heavy atom. The first-order valence-electron chi connectivity index (χ1n) is 7.75. The van der Waals surface area contributed by atoms with Gasteiger partial charge in [0.15, 0.2) is 0 Å². The molecule has 0 radical (unpaired) electrons. The van der Waals surface area contributed by atoms with Gasteiger partial charge in [-0.3, -0.25) is 9.59 Å². The highest BCUT2D eigenvalue weighted by molar-refractivity contribution is 6.29. The van der Waals surface area contributed by atoms with Gasteiger partial charge in [-0.25, -0.2) is 19.3 Å². The third-order valence-corrected chi connectivity index (χ3v) is 3.69. The topological polar surface area (TPSA) is 96.9 Å². The number of nitrogens with one attached hydrogen (secondary N) is 2. The number of anilines is 2. The maximum absolute atomic E-state index is 13.0. The first-order valence-corrected chi connectivity index (χ1v) is 8.12. The molecule has 0 aliphatic carbocycles. The summed E-state index contributed by atoms with van der Waals surface area (Å²) < 4.78 is 13.0. The van der Waals surface area contributed by atoms with Gasteiger partial charge in [-0.2, -0.15) is 0 Å². The molecule has 3 aromatic rings. The fraction of sp³-hybridized carbons (Fsp3) is 0.0556. The van der Waals surface area contributed by atoms with Crippen molar-refractivity contribution in [3.63, 3.8) is 0 Å². The second kappa shape index (κ2) is 7.88. The molecular weight excluding hydrogens is 373 g/mol. The van der Waals surface area contributed by atoms with Gasteiger partial charge >= 0.3 is 0 Å². The average molecular weight is 386 g/mol. The van der Waals surface area contributed by atoms with E-state index in [1.807, 2.05) is 6.92 Å². The molecule has 136 valence electrons. The number of rotatable bonds is 4. The van der Waals surface area contributed by atoms with Crippen molar-refractivity contribution in [1.82, 2.24) is 15.0 Å². The summed E-state index contributed by atoms with van der Waals surface area (Å²) in [6.45, 7) is 1.81. The lowest BCUT2D eigenvalue weighted by Gasteiger charge is -2.12. The number of pyridine rings is 1. The number of hydrogen-bond acceptors (Lipinski definition) is 5. The minimum absolute atomic E-state index is 0.0477. The van der Waals surface area contributed by atoms with Gasteiger partial charge in [0.25, 0.3) is 11.8 Å². The zero-order valence-electron chi connectivity index (χ0n) is 14.0. The fourth-order valence-electron chi connectivity index (χ4n) is 2.20. The number of carbonyl (C=O) groups excluding carboxylic acids is 2. The number of aryl methyl sites for hydroxylation is 1. The first-order chi connectivity index (χ1) is 12.9. The van der Waals surface area contributed by atoms with Crippen LogP contribution in [0, 0.1) is 12.7 Å². The van der Waals surface area contributed by atoms with Crippen LogP contribution in [-0.4, -0.2) is 26.8 Å². The molecule has 0 saturated heterocycles. The Morgan fingerprint density at radius 3 is 2.44 bits per heavy atom. The van der Waals surface area contributed by atoms with Gasteiger partial charge in [0, 0.05) is 0 Å². The molecule has 2 N–H and O–H groups in total. The number of nitrogens with zero attached hydrogens (tertiary/aromatic N) is 3. The summed E-state index contributed by atoms with van der Waals surface area (Å²) in [7, 11) is 0. The maximum Gasteiger partial charge on any atom is 0.275 e. The van der Waals surface area contributed by atoms with Crippen LogP contribution >= 0.6 is 11.6 Å². The lowest BCUT2D eigenvalue weighted by atomic mass is 10.1. The normalized spacial score (nSPS) is 10.3. The van der Waals surface area contributed by atoms with Gasteiger partial charge < -0.3 is 10.6 Å². The van der Waals surface area contributed by atoms with E-state index in [9.17, 15) is 14.0 Å². The molecule has 9 heteroatoms. The van der Waals surface area contributed by atoms with Crippen molar-refractivity contribution in [2.24, 2.45) is 0 Å². The first kappa shape index (κ1) is 18.4. The van der Waals surface area contributed by atoms with E-state index in [0.717, 1.165) is 11.8 Å². The molecular formula is C18H13ClFN5O2. The highest BCUT2D eigenvalue weighted by Gasteiger charge is 2.16. The van der Waals surface area contributed by atoms with Crippen LogP contribution in [0.1, 0.15) is 26.4 Å². The molecule has 2 heterocycles. The SMILES string of the molecule is Cc1ccc(NC(=O)c2cnc(Cl)cn2)c(C(=O)Nc2ccc(F)cn2)c1. The number of halogens is 2. The van der Waals surface area contributed by atoms with Crippen molar-refractivity contribution in [3.8, 4) is 0 Å². The maximum atomic E-state index is 13.0. The Labute approximate surface area is 158 Å². The lowest BCUT2D eigenvalue weighted by Crippen LogP contribution is -2.19. The Kier molecular flexibility index (Phi) is 5.37. The standard InChI is InChI=1S/C18H13ClFN5O2/c1-10-2-4-13(24-18(27)14-8-22-15(19)9-21-14)12(6-10)17(26)25-16-5-3-11(20)7-23-16/h2-9H,1H3,(H,24,27)(H,23,25,26). The molecule has 0 bridgehead atoms. The third-order valence-electron chi connectivity index (χ3n) is 3.49. The van der Waals surface area contributed by atoms with Gasteiger partial charge in [0.2, 0.25) is 0 Å². The van der Waals surface area contributed by atoms with Crippen molar-refractivity contribution in [2.45, 2.75) is 6.92 Å². The lowest BCUT2D eigenvalue weighted by molar-refractivity contribution is 0.102. The average Bonchev–Trinajstić information content (AvgIpc) is 2.65. The van der Waals surface area contributed by atoms with E-state index in [1.54, 1.807) is 18.2 Å². The Balaban J connectivity index is 1.83. The monoisotopic (exact) mass is 385 g/mol. The van der Waals surface area contributed by atoms with Crippen molar-refractivity contribution in [1.29, 1.82) is 0 Å². The van der Waals surface area contributed by atoms with Crippen LogP contribution in [-0.2, 0) is 0 Å². The van der Waals surface area contributed by atoms with Gasteiger partial charge in [0.05, 0.1) is 29.8 Å². The van der Waals surface area contributed by atoms with Crippen LogP contribution in [0.5, 0.6) is 0 Å². The number of amides is 2. The molecule has 0 aliphatic rings. The summed E-state index contributed by atoms with van der Waals surface area (Å²) in [6, 6.07) is 7.48. The Bertz CT molecular complexity index is 994. The molecule has 0 atom stereocenters. The predicted octanol–water partition coefficient (Wildman–Crippen LogP) is 3.48. The van der Waals surface area contributed by atoms with Gasteiger partial charge in [0.1, 0.15) is 22.5 Å². The minimum Gasteiger partial charge on any atom is -0.320 e. The highest BCUT2D eigenvalue weighted by atomic mass is 35.5. The summed E-state index contributed by atoms with van der Waals surface area (Å²) >= 11 is 5.66. The largest absolute Gasteiger partial charge is 0.320 e. The second-order valence-electron chi connectivity index (χ2n) is 5.54. The number of hydrogen-bond donors (Lipinski definition) is 2. The Morgan fingerprint density at radius 1 is 0.963 bits per heavy atom. The van der Waals surface area contributed by atoms with Crippen LogP contribution in [0.2, 0.25) is 5.15 Å². The van der Waals surface area contributed by atoms with Crippen LogP contribution in [0.15, 0.2) is 48.9 Å². The molecule has 0 fully saturated rings. The molecule has 2 aromatic heterocycles. The predicted molar refractivity (Wildman–Crippen MR) is 98.3 cm³/mol. The zero-order chi connectivity index (χ0) is 19.4. The van der Waals surface area contributed by atoms with Crippen LogP contribution < -0.4 is 10.6 Å². The molecule has 0 saturated carbocycles. The number of carbonyl (C=O) groups is 2. The molecule has 1 aromatic carbocycles. The molecule has 0 aliphatic heterocycles. The molecule has 27 heavy (non-hydrogen) atoms. The smallest absolute Gasteiger partial charge is 0.275 e. The molecule has 0 unspecified atom stereocenters. The van der Waals surface area contributed by atoms with E-state index in [-0.39, 0.29) is 27.9 Å². The third kappa shape index (κ3) is 4.62. The highest BCUT2D eigenvalue weighted by Crippen LogP contribution is 2.20. The van der Waals surface area contributed by atoms with Crippen molar-refractivity contribution < 1.29 is 14.0 Å².